The standard InChI is InChI=1S/C20H16FNO3S/c21-16-10-8-14(9-11-16)18(23)7-4-12-25-20(24)17-13-26-19(22-17)15-5-2-1-3-6-15/h1-3,5-6,8-11,13H,4,7,12H2. The summed E-state index contributed by atoms with van der Waals surface area (Å²) in [6, 6.07) is 15.0. The zero-order chi connectivity index (χ0) is 18.4. The number of carbonyl (C=O) groups is 2. The number of Topliss-reactive ketones (excluding diaryl/α,β-unsaturated/α-hetero) is 1. The van der Waals surface area contributed by atoms with E-state index in [1.807, 2.05) is 30.3 Å². The maximum absolute atomic E-state index is 12.8. The first kappa shape index (κ1) is 17.9. The van der Waals surface area contributed by atoms with Crippen LogP contribution in [0, 0.1) is 5.82 Å². The maximum Gasteiger partial charge on any atom is 0.357 e. The van der Waals surface area contributed by atoms with Gasteiger partial charge >= 0.3 is 5.97 Å². The lowest BCUT2D eigenvalue weighted by molar-refractivity contribution is 0.0488. The smallest absolute Gasteiger partial charge is 0.357 e. The number of hydrogen-bond acceptors (Lipinski definition) is 5. The average Bonchev–Trinajstić information content (AvgIpc) is 3.16. The molecule has 0 saturated heterocycles. The van der Waals surface area contributed by atoms with Crippen LogP contribution in [0.15, 0.2) is 60.0 Å². The molecule has 0 fully saturated rings. The van der Waals surface area contributed by atoms with Crippen LogP contribution in [0.25, 0.3) is 10.6 Å². The second kappa shape index (κ2) is 8.49. The van der Waals surface area contributed by atoms with Crippen LogP contribution in [0.2, 0.25) is 0 Å². The molecular weight excluding hydrogens is 353 g/mol. The molecule has 0 atom stereocenters. The molecule has 6 heteroatoms. The number of hydrogen-bond donors (Lipinski definition) is 0. The molecule has 2 aromatic carbocycles. The second-order valence-corrected chi connectivity index (χ2v) is 6.43. The predicted molar refractivity (Wildman–Crippen MR) is 97.8 cm³/mol. The van der Waals surface area contributed by atoms with E-state index in [-0.39, 0.29) is 30.3 Å². The maximum atomic E-state index is 12.8. The molecule has 4 nitrogen and oxygen atoms in total. The Morgan fingerprint density at radius 2 is 1.77 bits per heavy atom. The van der Waals surface area contributed by atoms with E-state index in [2.05, 4.69) is 4.98 Å². The monoisotopic (exact) mass is 369 g/mol. The lowest BCUT2D eigenvalue weighted by Gasteiger charge is -2.03. The first-order valence-corrected chi connectivity index (χ1v) is 8.98. The van der Waals surface area contributed by atoms with Crippen molar-refractivity contribution in [3.05, 3.63) is 77.1 Å². The lowest BCUT2D eigenvalue weighted by Crippen LogP contribution is -2.08. The number of ketones is 1. The third-order valence-corrected chi connectivity index (χ3v) is 4.57. The highest BCUT2D eigenvalue weighted by Gasteiger charge is 2.13. The van der Waals surface area contributed by atoms with Gasteiger partial charge in [-0.2, -0.15) is 0 Å². The normalized spacial score (nSPS) is 10.5. The van der Waals surface area contributed by atoms with E-state index in [1.54, 1.807) is 5.38 Å². The molecule has 0 amide bonds. The highest BCUT2D eigenvalue weighted by atomic mass is 32.1. The third kappa shape index (κ3) is 4.61. The average molecular weight is 369 g/mol. The number of rotatable bonds is 7. The Labute approximate surface area is 154 Å². The second-order valence-electron chi connectivity index (χ2n) is 5.57. The van der Waals surface area contributed by atoms with Gasteiger partial charge in [-0.25, -0.2) is 14.2 Å². The fourth-order valence-corrected chi connectivity index (χ4v) is 3.13. The lowest BCUT2D eigenvalue weighted by atomic mass is 10.1. The minimum atomic E-state index is -0.502. The topological polar surface area (TPSA) is 56.3 Å². The highest BCUT2D eigenvalue weighted by molar-refractivity contribution is 7.13. The Morgan fingerprint density at radius 3 is 2.50 bits per heavy atom. The van der Waals surface area contributed by atoms with Crippen molar-refractivity contribution in [2.24, 2.45) is 0 Å². The van der Waals surface area contributed by atoms with Crippen molar-refractivity contribution in [2.75, 3.05) is 6.61 Å². The Balaban J connectivity index is 1.46. The zero-order valence-electron chi connectivity index (χ0n) is 13.9. The molecule has 1 heterocycles. The van der Waals surface area contributed by atoms with Crippen molar-refractivity contribution in [1.82, 2.24) is 4.98 Å². The third-order valence-electron chi connectivity index (χ3n) is 3.68. The van der Waals surface area contributed by atoms with Crippen LogP contribution in [-0.2, 0) is 4.74 Å². The van der Waals surface area contributed by atoms with Crippen LogP contribution in [0.5, 0.6) is 0 Å². The van der Waals surface area contributed by atoms with Crippen LogP contribution in [0.4, 0.5) is 4.39 Å². The number of thiazole rings is 1. The van der Waals surface area contributed by atoms with Crippen LogP contribution < -0.4 is 0 Å². The summed E-state index contributed by atoms with van der Waals surface area (Å²) in [4.78, 5) is 28.3. The molecule has 0 N–H and O–H groups in total. The van der Waals surface area contributed by atoms with Gasteiger partial charge in [-0.15, -0.1) is 11.3 Å². The minimum absolute atomic E-state index is 0.110. The van der Waals surface area contributed by atoms with Crippen molar-refractivity contribution in [3.8, 4) is 10.6 Å². The van der Waals surface area contributed by atoms with Gasteiger partial charge in [-0.05, 0) is 30.7 Å². The molecule has 3 aromatic rings. The number of benzene rings is 2. The van der Waals surface area contributed by atoms with Crippen LogP contribution in [0.1, 0.15) is 33.7 Å². The molecule has 132 valence electrons. The first-order valence-electron chi connectivity index (χ1n) is 8.10. The van der Waals surface area contributed by atoms with E-state index in [9.17, 15) is 14.0 Å². The van der Waals surface area contributed by atoms with E-state index in [4.69, 9.17) is 4.74 Å². The largest absolute Gasteiger partial charge is 0.461 e. The van der Waals surface area contributed by atoms with Gasteiger partial charge in [0.25, 0.3) is 0 Å². The number of carbonyl (C=O) groups excluding carboxylic acids is 2. The summed E-state index contributed by atoms with van der Waals surface area (Å²) in [7, 11) is 0. The number of ether oxygens (including phenoxy) is 1. The Morgan fingerprint density at radius 1 is 1.04 bits per heavy atom. The van der Waals surface area contributed by atoms with Gasteiger partial charge in [-0.1, -0.05) is 30.3 Å². The number of esters is 1. The van der Waals surface area contributed by atoms with Crippen molar-refractivity contribution in [3.63, 3.8) is 0 Å². The molecule has 0 unspecified atom stereocenters. The van der Waals surface area contributed by atoms with E-state index < -0.39 is 5.97 Å². The van der Waals surface area contributed by atoms with Crippen LogP contribution in [0.3, 0.4) is 0 Å². The summed E-state index contributed by atoms with van der Waals surface area (Å²) in [6.07, 6.45) is 0.628. The minimum Gasteiger partial charge on any atom is -0.461 e. The Hall–Kier alpha value is -2.86. The summed E-state index contributed by atoms with van der Waals surface area (Å²) in [5, 5.41) is 2.41. The van der Waals surface area contributed by atoms with Crippen LogP contribution >= 0.6 is 11.3 Å². The Bertz CT molecular complexity index is 891. The number of aromatic nitrogens is 1. The van der Waals surface area contributed by atoms with Crippen molar-refractivity contribution >= 4 is 23.1 Å². The van der Waals surface area contributed by atoms with Gasteiger partial charge in [0.05, 0.1) is 6.61 Å². The highest BCUT2D eigenvalue weighted by Crippen LogP contribution is 2.23. The fourth-order valence-electron chi connectivity index (χ4n) is 2.33. The summed E-state index contributed by atoms with van der Waals surface area (Å²) in [5.41, 5.74) is 1.66. The van der Waals surface area contributed by atoms with Crippen LogP contribution in [-0.4, -0.2) is 23.3 Å². The molecule has 0 saturated carbocycles. The van der Waals surface area contributed by atoms with Gasteiger partial charge in [0.1, 0.15) is 10.8 Å². The van der Waals surface area contributed by atoms with Gasteiger partial charge in [0.15, 0.2) is 11.5 Å². The first-order chi connectivity index (χ1) is 12.6. The molecule has 0 aliphatic heterocycles. The summed E-state index contributed by atoms with van der Waals surface area (Å²) in [5.74, 6) is -0.993. The van der Waals surface area contributed by atoms with E-state index in [0.717, 1.165) is 10.6 Å². The summed E-state index contributed by atoms with van der Waals surface area (Å²) in [6.45, 7) is 0.129. The Kier molecular flexibility index (Phi) is 5.86. The molecule has 0 aliphatic rings. The molecule has 0 spiro atoms. The molecule has 3 rings (SSSR count). The predicted octanol–water partition coefficient (Wildman–Crippen LogP) is 4.77. The zero-order valence-corrected chi connectivity index (χ0v) is 14.7. The van der Waals surface area contributed by atoms with Crippen molar-refractivity contribution in [1.29, 1.82) is 0 Å². The number of nitrogens with zero attached hydrogens (tertiary/aromatic N) is 1. The van der Waals surface area contributed by atoms with E-state index in [0.29, 0.717) is 12.0 Å². The van der Waals surface area contributed by atoms with Gasteiger partial charge in [-0.3, -0.25) is 4.79 Å². The van der Waals surface area contributed by atoms with Gasteiger partial charge in [0.2, 0.25) is 0 Å². The molecule has 0 radical (unpaired) electrons. The van der Waals surface area contributed by atoms with Crippen molar-refractivity contribution in [2.45, 2.75) is 12.8 Å². The molecule has 26 heavy (non-hydrogen) atoms. The van der Waals surface area contributed by atoms with E-state index in [1.165, 1.54) is 35.6 Å². The number of halogens is 1. The van der Waals surface area contributed by atoms with Gasteiger partial charge in [0, 0.05) is 22.9 Å². The SMILES string of the molecule is O=C(CCCOC(=O)c1csc(-c2ccccc2)n1)c1ccc(F)cc1. The summed E-state index contributed by atoms with van der Waals surface area (Å²) < 4.78 is 18.0. The molecular formula is C20H16FNO3S. The molecule has 0 bridgehead atoms. The van der Waals surface area contributed by atoms with Gasteiger partial charge < -0.3 is 4.74 Å². The molecule has 0 aliphatic carbocycles. The fraction of sp³-hybridized carbons (Fsp3) is 0.150. The summed E-state index contributed by atoms with van der Waals surface area (Å²) >= 11 is 1.38. The van der Waals surface area contributed by atoms with Crippen molar-refractivity contribution < 1.29 is 18.7 Å². The van der Waals surface area contributed by atoms with E-state index >= 15 is 0 Å². The quantitative estimate of drug-likeness (QED) is 0.342. The molecule has 1 aromatic heterocycles.